The minimum atomic E-state index is -0.920. The van der Waals surface area contributed by atoms with Crippen LogP contribution in [0.5, 0.6) is 5.75 Å². The fourth-order valence-electron chi connectivity index (χ4n) is 2.16. The van der Waals surface area contributed by atoms with Crippen molar-refractivity contribution in [3.05, 3.63) is 29.8 Å². The first-order valence-electron chi connectivity index (χ1n) is 5.91. The number of aromatic carboxylic acids is 1. The summed E-state index contributed by atoms with van der Waals surface area (Å²) in [6, 6.07) is 6.74. The number of carboxylic acid groups (broad SMARTS) is 1. The van der Waals surface area contributed by atoms with Crippen LogP contribution in [0.3, 0.4) is 0 Å². The first-order valence-corrected chi connectivity index (χ1v) is 5.91. The van der Waals surface area contributed by atoms with Crippen molar-refractivity contribution in [1.29, 1.82) is 0 Å². The molecule has 2 unspecified atom stereocenters. The molecule has 1 aromatic carbocycles. The van der Waals surface area contributed by atoms with Crippen molar-refractivity contribution in [3.8, 4) is 5.75 Å². The summed E-state index contributed by atoms with van der Waals surface area (Å²) in [4.78, 5) is 10.7. The van der Waals surface area contributed by atoms with Crippen LogP contribution < -0.4 is 10.5 Å². The molecule has 2 atom stereocenters. The minimum Gasteiger partial charge on any atom is -0.490 e. The van der Waals surface area contributed by atoms with E-state index < -0.39 is 5.97 Å². The van der Waals surface area contributed by atoms with Crippen molar-refractivity contribution in [2.45, 2.75) is 37.8 Å². The van der Waals surface area contributed by atoms with Crippen LogP contribution in [-0.4, -0.2) is 23.2 Å². The molecular formula is C13H17NO3. The smallest absolute Gasteiger partial charge is 0.335 e. The average molecular weight is 235 g/mol. The molecule has 17 heavy (non-hydrogen) atoms. The zero-order valence-electron chi connectivity index (χ0n) is 9.63. The van der Waals surface area contributed by atoms with E-state index in [1.807, 2.05) is 0 Å². The number of nitrogens with two attached hydrogens (primary N) is 1. The molecule has 0 spiro atoms. The summed E-state index contributed by atoms with van der Waals surface area (Å²) in [5.74, 6) is -0.203. The Kier molecular flexibility index (Phi) is 3.64. The third-order valence-electron chi connectivity index (χ3n) is 3.07. The molecule has 0 bridgehead atoms. The second-order valence-corrected chi connectivity index (χ2v) is 4.50. The number of rotatable bonds is 3. The molecule has 1 aliphatic carbocycles. The third-order valence-corrected chi connectivity index (χ3v) is 3.07. The number of carboxylic acids is 1. The van der Waals surface area contributed by atoms with Gasteiger partial charge >= 0.3 is 5.97 Å². The first-order chi connectivity index (χ1) is 8.15. The second kappa shape index (κ2) is 5.19. The topological polar surface area (TPSA) is 72.5 Å². The molecule has 4 heteroatoms. The van der Waals surface area contributed by atoms with Gasteiger partial charge in [-0.1, -0.05) is 0 Å². The van der Waals surface area contributed by atoms with E-state index in [-0.39, 0.29) is 17.7 Å². The van der Waals surface area contributed by atoms with Crippen molar-refractivity contribution < 1.29 is 14.6 Å². The highest BCUT2D eigenvalue weighted by Gasteiger charge is 2.20. The summed E-state index contributed by atoms with van der Waals surface area (Å²) in [5, 5.41) is 8.77. The fourth-order valence-corrected chi connectivity index (χ4v) is 2.16. The van der Waals surface area contributed by atoms with Crippen molar-refractivity contribution in [2.24, 2.45) is 5.73 Å². The van der Waals surface area contributed by atoms with Crippen molar-refractivity contribution in [3.63, 3.8) is 0 Å². The average Bonchev–Trinajstić information content (AvgIpc) is 2.29. The lowest BCUT2D eigenvalue weighted by molar-refractivity contribution is 0.0697. The molecule has 0 aliphatic heterocycles. The molecule has 0 saturated heterocycles. The first kappa shape index (κ1) is 11.9. The Labute approximate surface area is 100 Å². The molecular weight excluding hydrogens is 218 g/mol. The van der Waals surface area contributed by atoms with Crippen molar-refractivity contribution in [1.82, 2.24) is 0 Å². The van der Waals surface area contributed by atoms with Crippen LogP contribution in [0, 0.1) is 0 Å². The number of benzene rings is 1. The molecule has 4 nitrogen and oxygen atoms in total. The summed E-state index contributed by atoms with van der Waals surface area (Å²) >= 11 is 0. The van der Waals surface area contributed by atoms with Gasteiger partial charge in [0.25, 0.3) is 0 Å². The van der Waals surface area contributed by atoms with Gasteiger partial charge in [-0.3, -0.25) is 0 Å². The normalized spacial score (nSPS) is 24.3. The minimum absolute atomic E-state index is 0.162. The van der Waals surface area contributed by atoms with E-state index in [1.165, 1.54) is 0 Å². The Hall–Kier alpha value is -1.55. The number of hydrogen-bond donors (Lipinski definition) is 2. The molecule has 1 fully saturated rings. The Morgan fingerprint density at radius 3 is 2.59 bits per heavy atom. The summed E-state index contributed by atoms with van der Waals surface area (Å²) in [6.45, 7) is 0. The van der Waals surface area contributed by atoms with Crippen LogP contribution in [0.1, 0.15) is 36.0 Å². The van der Waals surface area contributed by atoms with E-state index in [9.17, 15) is 4.79 Å². The highest BCUT2D eigenvalue weighted by atomic mass is 16.5. The van der Waals surface area contributed by atoms with Gasteiger partial charge in [0.1, 0.15) is 11.9 Å². The summed E-state index contributed by atoms with van der Waals surface area (Å²) in [5.41, 5.74) is 6.16. The van der Waals surface area contributed by atoms with E-state index in [2.05, 4.69) is 0 Å². The molecule has 1 saturated carbocycles. The van der Waals surface area contributed by atoms with Gasteiger partial charge in [-0.2, -0.15) is 0 Å². The highest BCUT2D eigenvalue weighted by Crippen LogP contribution is 2.23. The van der Waals surface area contributed by atoms with Gasteiger partial charge in [0.05, 0.1) is 5.56 Å². The van der Waals surface area contributed by atoms with Gasteiger partial charge in [0.15, 0.2) is 0 Å². The largest absolute Gasteiger partial charge is 0.490 e. The molecule has 0 aromatic heterocycles. The lowest BCUT2D eigenvalue weighted by Crippen LogP contribution is -2.33. The third kappa shape index (κ3) is 3.20. The molecule has 0 heterocycles. The van der Waals surface area contributed by atoms with E-state index in [4.69, 9.17) is 15.6 Å². The van der Waals surface area contributed by atoms with E-state index in [0.717, 1.165) is 25.7 Å². The molecule has 1 aliphatic rings. The molecule has 92 valence electrons. The maximum atomic E-state index is 10.7. The van der Waals surface area contributed by atoms with Gasteiger partial charge < -0.3 is 15.6 Å². The SMILES string of the molecule is NC1CCCC(Oc2ccc(C(=O)O)cc2)C1. The van der Waals surface area contributed by atoms with E-state index in [0.29, 0.717) is 5.75 Å². The van der Waals surface area contributed by atoms with Crippen LogP contribution in [0.15, 0.2) is 24.3 Å². The van der Waals surface area contributed by atoms with E-state index >= 15 is 0 Å². The Morgan fingerprint density at radius 2 is 2.00 bits per heavy atom. The lowest BCUT2D eigenvalue weighted by Gasteiger charge is -2.27. The number of carbonyl (C=O) groups is 1. The summed E-state index contributed by atoms with van der Waals surface area (Å²) in [7, 11) is 0. The molecule has 0 amide bonds. The van der Waals surface area contributed by atoms with Crippen LogP contribution in [0.25, 0.3) is 0 Å². The number of hydrogen-bond acceptors (Lipinski definition) is 3. The standard InChI is InChI=1S/C13H17NO3/c14-10-2-1-3-12(8-10)17-11-6-4-9(5-7-11)13(15)16/h4-7,10,12H,1-3,8,14H2,(H,15,16). The fraction of sp³-hybridized carbons (Fsp3) is 0.462. The maximum absolute atomic E-state index is 10.7. The summed E-state index contributed by atoms with van der Waals surface area (Å²) in [6.07, 6.45) is 4.22. The van der Waals surface area contributed by atoms with Crippen LogP contribution in [0.4, 0.5) is 0 Å². The summed E-state index contributed by atoms with van der Waals surface area (Å²) < 4.78 is 5.79. The lowest BCUT2D eigenvalue weighted by atomic mass is 9.93. The van der Waals surface area contributed by atoms with Crippen molar-refractivity contribution in [2.75, 3.05) is 0 Å². The van der Waals surface area contributed by atoms with Crippen molar-refractivity contribution >= 4 is 5.97 Å². The van der Waals surface area contributed by atoms with Gasteiger partial charge in [-0.15, -0.1) is 0 Å². The molecule has 2 rings (SSSR count). The van der Waals surface area contributed by atoms with Gasteiger partial charge in [-0.25, -0.2) is 4.79 Å². The highest BCUT2D eigenvalue weighted by molar-refractivity contribution is 5.87. The monoisotopic (exact) mass is 235 g/mol. The zero-order valence-corrected chi connectivity index (χ0v) is 9.63. The Bertz CT molecular complexity index is 388. The predicted molar refractivity (Wildman–Crippen MR) is 64.3 cm³/mol. The Balaban J connectivity index is 1.96. The predicted octanol–water partition coefficient (Wildman–Crippen LogP) is 2.03. The molecule has 3 N–H and O–H groups in total. The van der Waals surface area contributed by atoms with Crippen LogP contribution in [0.2, 0.25) is 0 Å². The maximum Gasteiger partial charge on any atom is 0.335 e. The molecule has 0 radical (unpaired) electrons. The number of ether oxygens (including phenoxy) is 1. The van der Waals surface area contributed by atoms with Gasteiger partial charge in [0, 0.05) is 6.04 Å². The second-order valence-electron chi connectivity index (χ2n) is 4.50. The molecule has 1 aromatic rings. The van der Waals surface area contributed by atoms with Crippen LogP contribution >= 0.6 is 0 Å². The van der Waals surface area contributed by atoms with Gasteiger partial charge in [0.2, 0.25) is 0 Å². The Morgan fingerprint density at radius 1 is 1.29 bits per heavy atom. The van der Waals surface area contributed by atoms with Crippen LogP contribution in [-0.2, 0) is 0 Å². The van der Waals surface area contributed by atoms with Gasteiger partial charge in [-0.05, 0) is 49.9 Å². The van der Waals surface area contributed by atoms with E-state index in [1.54, 1.807) is 24.3 Å². The quantitative estimate of drug-likeness (QED) is 0.840. The zero-order chi connectivity index (χ0) is 12.3.